The molecule has 2 nitrogen and oxygen atoms in total. The first-order chi connectivity index (χ1) is 7.15. The van der Waals surface area contributed by atoms with E-state index in [9.17, 15) is 0 Å². The maximum absolute atomic E-state index is 6.01. The lowest BCUT2D eigenvalue weighted by atomic mass is 9.95. The van der Waals surface area contributed by atoms with E-state index < -0.39 is 0 Å². The molecule has 0 spiro atoms. The Morgan fingerprint density at radius 2 is 2.07 bits per heavy atom. The van der Waals surface area contributed by atoms with Crippen molar-refractivity contribution in [1.29, 1.82) is 0 Å². The van der Waals surface area contributed by atoms with Crippen LogP contribution in [0.2, 0.25) is 0 Å². The van der Waals surface area contributed by atoms with Gasteiger partial charge in [0.25, 0.3) is 0 Å². The van der Waals surface area contributed by atoms with Gasteiger partial charge in [0.1, 0.15) is 5.82 Å². The minimum atomic E-state index is -0.0393. The Labute approximate surface area is 105 Å². The van der Waals surface area contributed by atoms with Crippen molar-refractivity contribution in [3.05, 3.63) is 22.8 Å². The molecule has 0 aromatic carbocycles. The summed E-state index contributed by atoms with van der Waals surface area (Å²) in [6.07, 6.45) is 3.77. The van der Waals surface area contributed by atoms with Crippen LogP contribution in [-0.4, -0.2) is 16.4 Å². The van der Waals surface area contributed by atoms with Crippen molar-refractivity contribution < 1.29 is 0 Å². The van der Waals surface area contributed by atoms with E-state index in [0.717, 1.165) is 23.1 Å². The molecule has 1 aromatic rings. The zero-order chi connectivity index (χ0) is 11.3. The molecule has 0 aliphatic heterocycles. The Morgan fingerprint density at radius 1 is 1.40 bits per heavy atom. The second-order valence-corrected chi connectivity index (χ2v) is 4.79. The minimum absolute atomic E-state index is 0.0393. The standard InChI is InChI=1S/C11H16BrClN2/c1-3-11(4-2,8-13)15-10-6-5-9(12)7-14-10/h5-7H,3-4,8H2,1-2H3,(H,14,15). The van der Waals surface area contributed by atoms with E-state index in [-0.39, 0.29) is 5.54 Å². The Kier molecular flexibility index (Phi) is 4.87. The Hall–Kier alpha value is -0.280. The highest BCUT2D eigenvalue weighted by molar-refractivity contribution is 9.10. The summed E-state index contributed by atoms with van der Waals surface area (Å²) >= 11 is 9.37. The van der Waals surface area contributed by atoms with Crippen molar-refractivity contribution in [3.63, 3.8) is 0 Å². The van der Waals surface area contributed by atoms with Gasteiger partial charge in [-0.25, -0.2) is 4.98 Å². The van der Waals surface area contributed by atoms with Crippen LogP contribution < -0.4 is 5.32 Å². The number of pyridine rings is 1. The summed E-state index contributed by atoms with van der Waals surface area (Å²) in [5.41, 5.74) is -0.0393. The van der Waals surface area contributed by atoms with Gasteiger partial charge in [-0.15, -0.1) is 11.6 Å². The summed E-state index contributed by atoms with van der Waals surface area (Å²) in [7, 11) is 0. The van der Waals surface area contributed by atoms with Gasteiger partial charge in [-0.3, -0.25) is 0 Å². The Morgan fingerprint density at radius 3 is 2.47 bits per heavy atom. The molecule has 0 fully saturated rings. The van der Waals surface area contributed by atoms with Crippen molar-refractivity contribution in [2.45, 2.75) is 32.2 Å². The highest BCUT2D eigenvalue weighted by atomic mass is 79.9. The molecule has 15 heavy (non-hydrogen) atoms. The van der Waals surface area contributed by atoms with Crippen LogP contribution in [0.1, 0.15) is 26.7 Å². The summed E-state index contributed by atoms with van der Waals surface area (Å²) in [6, 6.07) is 3.93. The highest BCUT2D eigenvalue weighted by Crippen LogP contribution is 2.23. The summed E-state index contributed by atoms with van der Waals surface area (Å²) in [5, 5.41) is 3.40. The third-order valence-corrected chi connectivity index (χ3v) is 3.71. The Balaban J connectivity index is 2.78. The number of hydrogen-bond acceptors (Lipinski definition) is 2. The fourth-order valence-electron chi connectivity index (χ4n) is 1.37. The monoisotopic (exact) mass is 290 g/mol. The van der Waals surface area contributed by atoms with E-state index in [4.69, 9.17) is 11.6 Å². The molecule has 1 heterocycles. The lowest BCUT2D eigenvalue weighted by Gasteiger charge is -2.31. The predicted octanol–water partition coefficient (Wildman–Crippen LogP) is 4.05. The zero-order valence-corrected chi connectivity index (χ0v) is 11.4. The van der Waals surface area contributed by atoms with Crippen LogP contribution in [0.15, 0.2) is 22.8 Å². The molecule has 1 N–H and O–H groups in total. The quantitative estimate of drug-likeness (QED) is 0.828. The van der Waals surface area contributed by atoms with Gasteiger partial charge >= 0.3 is 0 Å². The van der Waals surface area contributed by atoms with Gasteiger partial charge in [0.05, 0.1) is 5.54 Å². The number of nitrogens with zero attached hydrogens (tertiary/aromatic N) is 1. The fourth-order valence-corrected chi connectivity index (χ4v) is 2.05. The molecule has 4 heteroatoms. The summed E-state index contributed by atoms with van der Waals surface area (Å²) in [5.74, 6) is 1.47. The smallest absolute Gasteiger partial charge is 0.126 e. The molecular weight excluding hydrogens is 275 g/mol. The van der Waals surface area contributed by atoms with Gasteiger partial charge in [0.15, 0.2) is 0 Å². The molecule has 0 amide bonds. The van der Waals surface area contributed by atoms with Gasteiger partial charge in [-0.05, 0) is 40.9 Å². The number of nitrogens with one attached hydrogen (secondary N) is 1. The van der Waals surface area contributed by atoms with E-state index in [1.165, 1.54) is 0 Å². The van der Waals surface area contributed by atoms with Crippen LogP contribution in [0.3, 0.4) is 0 Å². The molecule has 0 unspecified atom stereocenters. The van der Waals surface area contributed by atoms with Crippen molar-refractivity contribution in [1.82, 2.24) is 4.98 Å². The molecular formula is C11H16BrClN2. The molecule has 0 saturated heterocycles. The van der Waals surface area contributed by atoms with Crippen LogP contribution in [0.25, 0.3) is 0 Å². The first kappa shape index (κ1) is 12.8. The van der Waals surface area contributed by atoms with Crippen LogP contribution in [0.4, 0.5) is 5.82 Å². The first-order valence-corrected chi connectivity index (χ1v) is 6.44. The fraction of sp³-hybridized carbons (Fsp3) is 0.545. The third kappa shape index (κ3) is 3.35. The number of anilines is 1. The zero-order valence-electron chi connectivity index (χ0n) is 9.06. The minimum Gasteiger partial charge on any atom is -0.363 e. The van der Waals surface area contributed by atoms with E-state index in [1.54, 1.807) is 6.20 Å². The lowest BCUT2D eigenvalue weighted by Crippen LogP contribution is -2.39. The summed E-state index contributed by atoms with van der Waals surface area (Å²) < 4.78 is 0.984. The topological polar surface area (TPSA) is 24.9 Å². The van der Waals surface area contributed by atoms with Crippen molar-refractivity contribution in [2.75, 3.05) is 11.2 Å². The molecule has 1 aromatic heterocycles. The molecule has 0 bridgehead atoms. The number of halogens is 2. The maximum Gasteiger partial charge on any atom is 0.126 e. The van der Waals surface area contributed by atoms with E-state index in [2.05, 4.69) is 40.1 Å². The average Bonchev–Trinajstić information content (AvgIpc) is 2.29. The highest BCUT2D eigenvalue weighted by Gasteiger charge is 2.24. The number of rotatable bonds is 5. The predicted molar refractivity (Wildman–Crippen MR) is 69.6 cm³/mol. The van der Waals surface area contributed by atoms with Crippen LogP contribution in [-0.2, 0) is 0 Å². The van der Waals surface area contributed by atoms with Gasteiger partial charge < -0.3 is 5.32 Å². The van der Waals surface area contributed by atoms with Crippen LogP contribution in [0.5, 0.6) is 0 Å². The van der Waals surface area contributed by atoms with Crippen molar-refractivity contribution in [3.8, 4) is 0 Å². The largest absolute Gasteiger partial charge is 0.363 e. The van der Waals surface area contributed by atoms with Gasteiger partial charge in [0.2, 0.25) is 0 Å². The van der Waals surface area contributed by atoms with Crippen LogP contribution in [0, 0.1) is 0 Å². The van der Waals surface area contributed by atoms with Crippen LogP contribution >= 0.6 is 27.5 Å². The molecule has 0 radical (unpaired) electrons. The van der Waals surface area contributed by atoms with Crippen molar-refractivity contribution in [2.24, 2.45) is 0 Å². The second-order valence-electron chi connectivity index (χ2n) is 3.61. The summed E-state index contributed by atoms with van der Waals surface area (Å²) in [6.45, 7) is 4.27. The second kappa shape index (κ2) is 5.71. The lowest BCUT2D eigenvalue weighted by molar-refractivity contribution is 0.482. The van der Waals surface area contributed by atoms with Gasteiger partial charge in [-0.1, -0.05) is 13.8 Å². The number of alkyl halides is 1. The van der Waals surface area contributed by atoms with Crippen molar-refractivity contribution >= 4 is 33.3 Å². The molecule has 0 atom stereocenters. The third-order valence-electron chi connectivity index (χ3n) is 2.73. The normalized spacial score (nSPS) is 11.5. The SMILES string of the molecule is CCC(CC)(CCl)Nc1ccc(Br)cn1. The summed E-state index contributed by atoms with van der Waals surface area (Å²) in [4.78, 5) is 4.29. The average molecular weight is 292 g/mol. The Bertz CT molecular complexity index is 288. The molecule has 0 aliphatic carbocycles. The van der Waals surface area contributed by atoms with E-state index >= 15 is 0 Å². The molecule has 0 saturated carbocycles. The molecule has 1 rings (SSSR count). The molecule has 84 valence electrons. The number of aromatic nitrogens is 1. The first-order valence-electron chi connectivity index (χ1n) is 5.11. The van der Waals surface area contributed by atoms with E-state index in [1.807, 2.05) is 12.1 Å². The van der Waals surface area contributed by atoms with E-state index in [0.29, 0.717) is 5.88 Å². The number of hydrogen-bond donors (Lipinski definition) is 1. The van der Waals surface area contributed by atoms with Gasteiger partial charge in [0, 0.05) is 16.5 Å². The maximum atomic E-state index is 6.01. The molecule has 0 aliphatic rings. The van der Waals surface area contributed by atoms with Gasteiger partial charge in [-0.2, -0.15) is 0 Å².